The van der Waals surface area contributed by atoms with Crippen LogP contribution in [0.2, 0.25) is 0 Å². The van der Waals surface area contributed by atoms with Gasteiger partial charge in [0.2, 0.25) is 0 Å². The molecule has 12 nitrogen and oxygen atoms in total. The average Bonchev–Trinajstić information content (AvgIpc) is 3.16. The first-order valence-electron chi connectivity index (χ1n) is 18.6. The van der Waals surface area contributed by atoms with E-state index in [0.29, 0.717) is 39.7 Å². The van der Waals surface area contributed by atoms with Crippen molar-refractivity contribution in [1.82, 2.24) is 0 Å². The van der Waals surface area contributed by atoms with Crippen molar-refractivity contribution >= 4 is 47.5 Å². The maximum absolute atomic E-state index is 14.1. The Morgan fingerprint density at radius 3 is 1.97 bits per heavy atom. The van der Waals surface area contributed by atoms with Gasteiger partial charge in [-0.05, 0) is 100 Å². The fourth-order valence-corrected chi connectivity index (χ4v) is 8.38. The first kappa shape index (κ1) is 44.7. The number of pyridine rings is 1. The minimum absolute atomic E-state index is 0.0156. The summed E-state index contributed by atoms with van der Waals surface area (Å²) >= 11 is 0. The number of benzene rings is 1. The highest BCUT2D eigenvalue weighted by atomic mass is 31.2. The lowest BCUT2D eigenvalue weighted by Crippen LogP contribution is -2.46. The Kier molecular flexibility index (Phi) is 11.6. The van der Waals surface area contributed by atoms with Gasteiger partial charge in [-0.1, -0.05) is 6.08 Å². The largest absolute Gasteiger partial charge is 0.867 e. The second-order valence-corrected chi connectivity index (χ2v) is 19.3. The van der Waals surface area contributed by atoms with Crippen molar-refractivity contribution in [2.45, 2.75) is 123 Å². The quantitative estimate of drug-likeness (QED) is 0.0609. The molecule has 0 atom stereocenters. The monoisotopic (exact) mass is 836 g/mol. The maximum atomic E-state index is 14.1. The normalized spacial score (nSPS) is 18.1. The van der Waals surface area contributed by atoms with E-state index < -0.39 is 64.9 Å². The number of hydrogen-bond acceptors (Lipinski definition) is 11. The first-order chi connectivity index (χ1) is 26.3. The summed E-state index contributed by atoms with van der Waals surface area (Å²) in [7, 11) is -4.18. The Bertz CT molecular complexity index is 2280. The van der Waals surface area contributed by atoms with Crippen LogP contribution in [0.25, 0.3) is 33.4 Å². The van der Waals surface area contributed by atoms with E-state index in [2.05, 4.69) is 0 Å². The van der Waals surface area contributed by atoms with Gasteiger partial charge in [-0.25, -0.2) is 9.36 Å². The summed E-state index contributed by atoms with van der Waals surface area (Å²) in [5.74, 6) is -15.4. The van der Waals surface area contributed by atoms with Crippen molar-refractivity contribution in [3.05, 3.63) is 70.5 Å². The van der Waals surface area contributed by atoms with E-state index in [1.807, 2.05) is 24.8 Å². The number of ketones is 1. The molecule has 0 unspecified atom stereocenters. The second-order valence-electron chi connectivity index (χ2n) is 17.8. The minimum Gasteiger partial charge on any atom is -0.867 e. The number of hydrogen-bond donors (Lipinski definition) is 0. The topological polar surface area (TPSA) is 149 Å². The predicted molar refractivity (Wildman–Crippen MR) is 206 cm³/mol. The van der Waals surface area contributed by atoms with Gasteiger partial charge in [-0.3, -0.25) is 23.2 Å². The van der Waals surface area contributed by atoms with E-state index in [-0.39, 0.29) is 35.7 Å². The summed E-state index contributed by atoms with van der Waals surface area (Å²) in [5.41, 5.74) is -3.29. The second kappa shape index (κ2) is 15.0. The van der Waals surface area contributed by atoms with Gasteiger partial charge in [0.25, 0.3) is 5.70 Å². The van der Waals surface area contributed by atoms with Crippen LogP contribution in [-0.4, -0.2) is 59.1 Å². The van der Waals surface area contributed by atoms with Crippen LogP contribution in [0.5, 0.6) is 0 Å². The molecule has 316 valence electrons. The van der Waals surface area contributed by atoms with E-state index in [1.54, 1.807) is 74.4 Å². The lowest BCUT2D eigenvalue weighted by molar-refractivity contribution is -0.582. The minimum atomic E-state index is -5.21. The van der Waals surface area contributed by atoms with E-state index in [4.69, 9.17) is 22.7 Å². The molecule has 5 rings (SSSR count). The van der Waals surface area contributed by atoms with Gasteiger partial charge in [0.1, 0.15) is 11.2 Å². The summed E-state index contributed by atoms with van der Waals surface area (Å²) in [5, 5.41) is 12.6. The number of esters is 1. The molecule has 1 aromatic carbocycles. The van der Waals surface area contributed by atoms with Gasteiger partial charge in [-0.15, -0.1) is 0 Å². The van der Waals surface area contributed by atoms with Crippen molar-refractivity contribution in [2.24, 2.45) is 0 Å². The number of carbonyl (C=O) groups is 2. The van der Waals surface area contributed by atoms with Crippen molar-refractivity contribution < 1.29 is 64.1 Å². The number of allylic oxidation sites excluding steroid dienone is 2. The molecule has 0 spiro atoms. The number of phosphoric acid groups is 1. The zero-order valence-electron chi connectivity index (χ0n) is 34.4. The number of fused-ring (bicyclic) bond motifs is 2. The molecule has 3 aromatic rings. The smallest absolute Gasteiger partial charge is 0.476 e. The van der Waals surface area contributed by atoms with Crippen LogP contribution in [0.4, 0.5) is 23.2 Å². The molecule has 0 amide bonds. The Morgan fingerprint density at radius 2 is 1.45 bits per heavy atom. The molecule has 1 aliphatic heterocycles. The molecular formula is C41H49F4N2O10P. The maximum Gasteiger partial charge on any atom is 0.476 e. The Labute approximate surface area is 334 Å². The lowest BCUT2D eigenvalue weighted by atomic mass is 9.87. The molecule has 17 heteroatoms. The summed E-state index contributed by atoms with van der Waals surface area (Å²) in [6.07, 6.45) is 4.36. The van der Waals surface area contributed by atoms with Crippen molar-refractivity contribution in [2.75, 3.05) is 18.1 Å². The molecule has 2 aliphatic rings. The summed E-state index contributed by atoms with van der Waals surface area (Å²) in [6.45, 7) is 19.7. The number of aromatic nitrogens is 1. The fourth-order valence-electron chi connectivity index (χ4n) is 6.60. The van der Waals surface area contributed by atoms with Crippen LogP contribution in [-0.2, 0) is 32.5 Å². The first-order valence-corrected chi connectivity index (χ1v) is 20.0. The zero-order chi connectivity index (χ0) is 43.6. The standard InChI is InChI=1S/C41H49F4N2O10P/c1-36(2,3)55-31(48)13-12-16-47-29-21-30-25(19-27(29)26(22-39(47,10)11)23-53-58(52,56-37(4,5)6)57-38(7,8)9)20-28(35(51)54-30)24-14-17-46(18-15-24)32-33(49)40(42,43)41(44,45)34(32)50/h14-15,17-22H,12-13,16,23H2,1-11H3. The molecule has 0 N–H and O–H groups in total. The fraction of sp³-hybridized carbons (Fsp3) is 0.512. The van der Waals surface area contributed by atoms with Crippen LogP contribution >= 0.6 is 7.82 Å². The number of anilines is 1. The highest BCUT2D eigenvalue weighted by Gasteiger charge is 2.70. The van der Waals surface area contributed by atoms with Gasteiger partial charge >= 0.3 is 37.0 Å². The highest BCUT2D eigenvalue weighted by Crippen LogP contribution is 2.56. The third-order valence-corrected chi connectivity index (χ3v) is 10.8. The van der Waals surface area contributed by atoms with Crippen molar-refractivity contribution in [3.8, 4) is 11.1 Å². The average molecular weight is 837 g/mol. The number of halogens is 4. The van der Waals surface area contributed by atoms with Gasteiger partial charge < -0.3 is 19.2 Å². The zero-order valence-corrected chi connectivity index (χ0v) is 35.3. The molecule has 1 aliphatic carbocycles. The van der Waals surface area contributed by atoms with Gasteiger partial charge in [0.15, 0.2) is 12.4 Å². The van der Waals surface area contributed by atoms with Crippen LogP contribution in [0.15, 0.2) is 63.8 Å². The number of alkyl halides is 4. The Balaban J connectivity index is 1.57. The predicted octanol–water partition coefficient (Wildman–Crippen LogP) is 7.99. The van der Waals surface area contributed by atoms with Crippen LogP contribution in [0.3, 0.4) is 0 Å². The molecule has 0 bridgehead atoms. The SMILES string of the molecule is CC(C)(C)OC(=O)CCCN1c2cc3oc(=O)c(-c4cc[n+](C5=C([O-])C(F)(F)C(F)(F)C5=O)cc4)cc3cc2C(COP(=O)(OC(C)(C)C)OC(C)(C)C)=CC1(C)C. The number of carbonyl (C=O) groups excluding carboxylic acids is 2. The summed E-state index contributed by atoms with van der Waals surface area (Å²) < 4.78 is 99.6. The molecule has 2 aromatic heterocycles. The third-order valence-electron chi connectivity index (χ3n) is 8.84. The summed E-state index contributed by atoms with van der Waals surface area (Å²) in [6, 6.07) is 7.29. The molecule has 0 fully saturated rings. The number of phosphoric ester groups is 1. The molecule has 58 heavy (non-hydrogen) atoms. The Morgan fingerprint density at radius 1 is 0.879 bits per heavy atom. The van der Waals surface area contributed by atoms with E-state index >= 15 is 0 Å². The number of nitrogens with zero attached hydrogens (tertiary/aromatic N) is 2. The van der Waals surface area contributed by atoms with Crippen molar-refractivity contribution in [1.29, 1.82) is 0 Å². The van der Waals surface area contributed by atoms with Crippen LogP contribution < -0.4 is 20.2 Å². The van der Waals surface area contributed by atoms with Crippen LogP contribution in [0.1, 0.15) is 94.6 Å². The van der Waals surface area contributed by atoms with Gasteiger partial charge in [0, 0.05) is 59.1 Å². The number of ether oxygens (including phenoxy) is 1. The molecule has 0 saturated carbocycles. The van der Waals surface area contributed by atoms with E-state index in [0.717, 1.165) is 12.4 Å². The summed E-state index contributed by atoms with van der Waals surface area (Å²) in [4.78, 5) is 40.2. The van der Waals surface area contributed by atoms with Crippen LogP contribution in [0, 0.1) is 0 Å². The number of rotatable bonds is 11. The lowest BCUT2D eigenvalue weighted by Gasteiger charge is -2.44. The molecule has 0 saturated heterocycles. The van der Waals surface area contributed by atoms with Gasteiger partial charge in [0.05, 0.1) is 28.9 Å². The molecular weight excluding hydrogens is 787 g/mol. The molecule has 3 heterocycles. The van der Waals surface area contributed by atoms with E-state index in [9.17, 15) is 41.6 Å². The third kappa shape index (κ3) is 9.40. The highest BCUT2D eigenvalue weighted by molar-refractivity contribution is 7.48. The number of Topliss-reactive ketones (excluding diaryl/α,β-unsaturated/α-hetero) is 1. The van der Waals surface area contributed by atoms with E-state index in [1.165, 1.54) is 18.2 Å². The van der Waals surface area contributed by atoms with Gasteiger partial charge in [-0.2, -0.15) is 22.1 Å². The van der Waals surface area contributed by atoms with Crippen molar-refractivity contribution in [3.63, 3.8) is 0 Å². The molecule has 0 radical (unpaired) electrons. The Hall–Kier alpha value is -4.37.